The highest BCUT2D eigenvalue weighted by atomic mass is 16.2. The third-order valence-electron chi connectivity index (χ3n) is 5.47. The number of aromatic amines is 1. The highest BCUT2D eigenvalue weighted by molar-refractivity contribution is 6.06. The molecule has 1 saturated heterocycles. The molecule has 7 heteroatoms. The van der Waals surface area contributed by atoms with Gasteiger partial charge in [0.15, 0.2) is 0 Å². The van der Waals surface area contributed by atoms with E-state index in [-0.39, 0.29) is 22.9 Å². The molecule has 27 heavy (non-hydrogen) atoms. The van der Waals surface area contributed by atoms with Crippen molar-refractivity contribution < 1.29 is 9.59 Å². The zero-order valence-electron chi connectivity index (χ0n) is 15.4. The second-order valence-corrected chi connectivity index (χ2v) is 7.34. The van der Waals surface area contributed by atoms with Crippen LogP contribution in [0.25, 0.3) is 0 Å². The van der Waals surface area contributed by atoms with Gasteiger partial charge >= 0.3 is 0 Å². The van der Waals surface area contributed by atoms with Crippen LogP contribution in [0.15, 0.2) is 35.1 Å². The maximum absolute atomic E-state index is 12.9. The fraction of sp³-hybridized carbons (Fsp3) is 0.350. The summed E-state index contributed by atoms with van der Waals surface area (Å²) in [6.45, 7) is 4.38. The SMILES string of the molecule is Cc1cc(C)c(C(=O)N2CCC3(CC2)Nc2ccccc2NC3=O)c(=O)[nH]1. The molecule has 2 aliphatic heterocycles. The van der Waals surface area contributed by atoms with Crippen molar-refractivity contribution >= 4 is 23.2 Å². The van der Waals surface area contributed by atoms with Crippen LogP contribution in [0.5, 0.6) is 0 Å². The van der Waals surface area contributed by atoms with Crippen molar-refractivity contribution in [1.82, 2.24) is 9.88 Å². The minimum atomic E-state index is -0.722. The first-order valence-corrected chi connectivity index (χ1v) is 9.08. The highest BCUT2D eigenvalue weighted by Crippen LogP contribution is 2.36. The van der Waals surface area contributed by atoms with Crippen molar-refractivity contribution in [3.8, 4) is 0 Å². The summed E-state index contributed by atoms with van der Waals surface area (Å²) in [7, 11) is 0. The van der Waals surface area contributed by atoms with Gasteiger partial charge in [0, 0.05) is 18.8 Å². The third-order valence-corrected chi connectivity index (χ3v) is 5.47. The fourth-order valence-corrected chi connectivity index (χ4v) is 3.98. The molecule has 0 aliphatic carbocycles. The smallest absolute Gasteiger partial charge is 0.261 e. The molecule has 0 bridgehead atoms. The van der Waals surface area contributed by atoms with Crippen LogP contribution < -0.4 is 16.2 Å². The van der Waals surface area contributed by atoms with E-state index in [1.165, 1.54) is 0 Å². The largest absolute Gasteiger partial charge is 0.369 e. The summed E-state index contributed by atoms with van der Waals surface area (Å²) in [4.78, 5) is 42.2. The molecule has 1 aromatic heterocycles. The van der Waals surface area contributed by atoms with Crippen LogP contribution in [0.3, 0.4) is 0 Å². The number of pyridine rings is 1. The number of piperidine rings is 1. The van der Waals surface area contributed by atoms with Crippen molar-refractivity contribution in [3.63, 3.8) is 0 Å². The van der Waals surface area contributed by atoms with E-state index in [4.69, 9.17) is 0 Å². The molecule has 4 rings (SSSR count). The van der Waals surface area contributed by atoms with E-state index in [2.05, 4.69) is 15.6 Å². The van der Waals surface area contributed by atoms with E-state index in [1.807, 2.05) is 24.3 Å². The Morgan fingerprint density at radius 3 is 2.41 bits per heavy atom. The number of hydrogen-bond acceptors (Lipinski definition) is 4. The summed E-state index contributed by atoms with van der Waals surface area (Å²) >= 11 is 0. The molecule has 0 unspecified atom stereocenters. The Morgan fingerprint density at radius 1 is 1.07 bits per heavy atom. The van der Waals surface area contributed by atoms with Crippen molar-refractivity contribution in [2.75, 3.05) is 23.7 Å². The van der Waals surface area contributed by atoms with Crippen LogP contribution in [-0.2, 0) is 4.79 Å². The first-order chi connectivity index (χ1) is 12.9. The van der Waals surface area contributed by atoms with Gasteiger partial charge in [-0.2, -0.15) is 0 Å². The average Bonchev–Trinajstić information content (AvgIpc) is 2.62. The number of amides is 2. The third kappa shape index (κ3) is 2.89. The number of H-pyrrole nitrogens is 1. The number of para-hydroxylation sites is 2. The number of carbonyl (C=O) groups is 2. The topological polar surface area (TPSA) is 94.3 Å². The number of likely N-dealkylation sites (tertiary alicyclic amines) is 1. The molecule has 0 atom stereocenters. The second kappa shape index (κ2) is 6.26. The van der Waals surface area contributed by atoms with Crippen molar-refractivity contribution in [2.45, 2.75) is 32.2 Å². The summed E-state index contributed by atoms with van der Waals surface area (Å²) in [5.41, 5.74) is 2.16. The lowest BCUT2D eigenvalue weighted by atomic mass is 9.84. The van der Waals surface area contributed by atoms with Gasteiger partial charge in [-0.05, 0) is 50.5 Å². The van der Waals surface area contributed by atoms with E-state index in [9.17, 15) is 14.4 Å². The minimum Gasteiger partial charge on any atom is -0.369 e. The number of aromatic nitrogens is 1. The Bertz CT molecular complexity index is 987. The van der Waals surface area contributed by atoms with E-state index >= 15 is 0 Å². The molecule has 2 amide bonds. The zero-order valence-corrected chi connectivity index (χ0v) is 15.4. The number of aryl methyl sites for hydroxylation is 2. The molecule has 1 spiro atoms. The molecule has 2 aromatic rings. The van der Waals surface area contributed by atoms with Crippen molar-refractivity contribution in [3.05, 3.63) is 57.5 Å². The Kier molecular flexibility index (Phi) is 4.02. The lowest BCUT2D eigenvalue weighted by Gasteiger charge is -2.44. The quantitative estimate of drug-likeness (QED) is 0.720. The molecule has 3 N–H and O–H groups in total. The second-order valence-electron chi connectivity index (χ2n) is 7.34. The average molecular weight is 366 g/mol. The summed E-state index contributed by atoms with van der Waals surface area (Å²) in [6.07, 6.45) is 0.976. The Balaban J connectivity index is 1.54. The van der Waals surface area contributed by atoms with Gasteiger partial charge in [-0.3, -0.25) is 14.4 Å². The summed E-state index contributed by atoms with van der Waals surface area (Å²) < 4.78 is 0. The molecule has 1 fully saturated rings. The summed E-state index contributed by atoms with van der Waals surface area (Å²) in [5.74, 6) is -0.349. The van der Waals surface area contributed by atoms with Crippen LogP contribution in [0.1, 0.15) is 34.5 Å². The van der Waals surface area contributed by atoms with Crippen LogP contribution in [-0.4, -0.2) is 40.3 Å². The molecule has 2 aliphatic rings. The van der Waals surface area contributed by atoms with Gasteiger partial charge in [-0.15, -0.1) is 0 Å². The zero-order chi connectivity index (χ0) is 19.2. The van der Waals surface area contributed by atoms with Gasteiger partial charge in [0.25, 0.3) is 11.5 Å². The number of hydrogen-bond donors (Lipinski definition) is 3. The molecular formula is C20H22N4O3. The first kappa shape index (κ1) is 17.3. The predicted octanol–water partition coefficient (Wildman–Crippen LogP) is 2.03. The number of fused-ring (bicyclic) bond motifs is 1. The maximum atomic E-state index is 12.9. The molecule has 0 radical (unpaired) electrons. The lowest BCUT2D eigenvalue weighted by molar-refractivity contribution is -0.122. The van der Waals surface area contributed by atoms with Gasteiger partial charge in [-0.1, -0.05) is 12.1 Å². The summed E-state index contributed by atoms with van der Waals surface area (Å²) in [5, 5.41) is 6.33. The van der Waals surface area contributed by atoms with Gasteiger partial charge in [0.2, 0.25) is 5.91 Å². The standard InChI is InChI=1S/C20H22N4O3/c1-12-11-13(2)21-17(25)16(12)18(26)24-9-7-20(8-10-24)19(27)22-14-5-3-4-6-15(14)23-20/h3-6,11,23H,7-10H2,1-2H3,(H,21,25)(H,22,27). The van der Waals surface area contributed by atoms with Gasteiger partial charge < -0.3 is 20.5 Å². The Morgan fingerprint density at radius 2 is 1.74 bits per heavy atom. The number of rotatable bonds is 1. The number of anilines is 2. The van der Waals surface area contributed by atoms with E-state index in [0.717, 1.165) is 17.1 Å². The molecule has 0 saturated carbocycles. The summed E-state index contributed by atoms with van der Waals surface area (Å²) in [6, 6.07) is 9.39. The van der Waals surface area contributed by atoms with E-state index in [1.54, 1.807) is 24.8 Å². The Hall–Kier alpha value is -3.09. The number of nitrogens with one attached hydrogen (secondary N) is 3. The van der Waals surface area contributed by atoms with Gasteiger partial charge in [-0.25, -0.2) is 0 Å². The number of benzene rings is 1. The minimum absolute atomic E-state index is 0.0716. The van der Waals surface area contributed by atoms with Gasteiger partial charge in [0.05, 0.1) is 11.4 Å². The molecule has 1 aromatic carbocycles. The van der Waals surface area contributed by atoms with Crippen LogP contribution in [0.2, 0.25) is 0 Å². The predicted molar refractivity (Wildman–Crippen MR) is 103 cm³/mol. The number of carbonyl (C=O) groups excluding carboxylic acids is 2. The maximum Gasteiger partial charge on any atom is 0.261 e. The molecule has 7 nitrogen and oxygen atoms in total. The fourth-order valence-electron chi connectivity index (χ4n) is 3.98. The Labute approximate surface area is 156 Å². The van der Waals surface area contributed by atoms with Crippen LogP contribution in [0.4, 0.5) is 11.4 Å². The highest BCUT2D eigenvalue weighted by Gasteiger charge is 2.45. The first-order valence-electron chi connectivity index (χ1n) is 9.08. The molecule has 140 valence electrons. The van der Waals surface area contributed by atoms with Gasteiger partial charge in [0.1, 0.15) is 11.1 Å². The monoisotopic (exact) mass is 366 g/mol. The molecular weight excluding hydrogens is 344 g/mol. The van der Waals surface area contributed by atoms with Crippen molar-refractivity contribution in [2.24, 2.45) is 0 Å². The lowest BCUT2D eigenvalue weighted by Crippen LogP contribution is -2.59. The molecule has 3 heterocycles. The normalized spacial score (nSPS) is 17.9. The van der Waals surface area contributed by atoms with E-state index in [0.29, 0.717) is 31.5 Å². The van der Waals surface area contributed by atoms with E-state index < -0.39 is 5.54 Å². The van der Waals surface area contributed by atoms with Crippen LogP contribution in [0, 0.1) is 13.8 Å². The van der Waals surface area contributed by atoms with Crippen molar-refractivity contribution in [1.29, 1.82) is 0 Å². The van der Waals surface area contributed by atoms with Crippen LogP contribution >= 0.6 is 0 Å². The number of nitrogens with zero attached hydrogens (tertiary/aromatic N) is 1.